The number of nitrogens with one attached hydrogen (secondary N) is 1. The van der Waals surface area contributed by atoms with Gasteiger partial charge in [-0.3, -0.25) is 0 Å². The molecule has 3 heteroatoms. The summed E-state index contributed by atoms with van der Waals surface area (Å²) < 4.78 is 0. The molecule has 0 aliphatic heterocycles. The first-order valence-corrected chi connectivity index (χ1v) is 6.16. The number of hydrogen-bond acceptors (Lipinski definition) is 2. The number of benzene rings is 1. The second kappa shape index (κ2) is 5.64. The van der Waals surface area contributed by atoms with E-state index in [0.29, 0.717) is 6.54 Å². The maximum Gasteiger partial charge on any atom is 0.0929 e. The Morgan fingerprint density at radius 2 is 2.00 bits per heavy atom. The Kier molecular flexibility index (Phi) is 3.94. The number of aromatic amines is 1. The number of aryl methyl sites for hydroxylation is 1. The predicted molar refractivity (Wildman–Crippen MR) is 70.5 cm³/mol. The van der Waals surface area contributed by atoms with Gasteiger partial charge in [0.05, 0.1) is 17.7 Å². The van der Waals surface area contributed by atoms with Crippen molar-refractivity contribution in [2.45, 2.75) is 32.7 Å². The van der Waals surface area contributed by atoms with Crippen LogP contribution in [0.2, 0.25) is 0 Å². The molecule has 0 fully saturated rings. The van der Waals surface area contributed by atoms with Gasteiger partial charge in [-0.1, -0.05) is 37.6 Å². The smallest absolute Gasteiger partial charge is 0.0929 e. The summed E-state index contributed by atoms with van der Waals surface area (Å²) in [4.78, 5) is 7.38. The third kappa shape index (κ3) is 2.74. The van der Waals surface area contributed by atoms with E-state index in [4.69, 9.17) is 5.73 Å². The molecule has 0 saturated carbocycles. The Balaban J connectivity index is 2.17. The third-order valence-corrected chi connectivity index (χ3v) is 2.97. The Hall–Kier alpha value is -1.61. The maximum absolute atomic E-state index is 5.66. The average Bonchev–Trinajstić information content (AvgIpc) is 2.85. The summed E-state index contributed by atoms with van der Waals surface area (Å²) in [6, 6.07) is 8.61. The van der Waals surface area contributed by atoms with E-state index in [-0.39, 0.29) is 0 Å². The molecule has 0 saturated heterocycles. The third-order valence-electron chi connectivity index (χ3n) is 2.97. The molecule has 2 aromatic rings. The van der Waals surface area contributed by atoms with Crippen molar-refractivity contribution in [1.82, 2.24) is 9.97 Å². The quantitative estimate of drug-likeness (QED) is 0.828. The van der Waals surface area contributed by atoms with Gasteiger partial charge in [0, 0.05) is 12.1 Å². The molecule has 2 rings (SSSR count). The lowest BCUT2D eigenvalue weighted by atomic mass is 10.0. The molecule has 0 radical (unpaired) electrons. The highest BCUT2D eigenvalue weighted by Crippen LogP contribution is 2.21. The molecule has 1 aromatic carbocycles. The van der Waals surface area contributed by atoms with E-state index < -0.39 is 0 Å². The van der Waals surface area contributed by atoms with Crippen molar-refractivity contribution in [3.05, 3.63) is 41.9 Å². The number of rotatable bonds is 5. The number of unbranched alkanes of at least 4 members (excludes halogenated alkanes) is 1. The Morgan fingerprint density at radius 1 is 1.24 bits per heavy atom. The van der Waals surface area contributed by atoms with Gasteiger partial charge in [0.1, 0.15) is 0 Å². The van der Waals surface area contributed by atoms with Crippen LogP contribution in [0.15, 0.2) is 30.6 Å². The van der Waals surface area contributed by atoms with Crippen molar-refractivity contribution < 1.29 is 0 Å². The lowest BCUT2D eigenvalue weighted by Gasteiger charge is -2.03. The van der Waals surface area contributed by atoms with Gasteiger partial charge >= 0.3 is 0 Å². The molecule has 0 aliphatic rings. The van der Waals surface area contributed by atoms with Crippen LogP contribution in [0.1, 0.15) is 31.0 Å². The second-order valence-corrected chi connectivity index (χ2v) is 4.23. The van der Waals surface area contributed by atoms with Crippen molar-refractivity contribution in [2.24, 2.45) is 5.73 Å². The summed E-state index contributed by atoms with van der Waals surface area (Å²) in [6.07, 6.45) is 5.33. The largest absolute Gasteiger partial charge is 0.347 e. The van der Waals surface area contributed by atoms with Crippen LogP contribution >= 0.6 is 0 Å². The highest BCUT2D eigenvalue weighted by molar-refractivity contribution is 5.61. The normalized spacial score (nSPS) is 10.7. The van der Waals surface area contributed by atoms with Crippen LogP contribution in [0.25, 0.3) is 11.3 Å². The standard InChI is InChI=1S/C14H19N3/c1-2-3-4-11-5-7-12(8-6-11)14-13(9-15)16-10-17-14/h5-8,10H,2-4,9,15H2,1H3,(H,16,17). The van der Waals surface area contributed by atoms with Gasteiger partial charge in [0.15, 0.2) is 0 Å². The van der Waals surface area contributed by atoms with Gasteiger partial charge in [-0.15, -0.1) is 0 Å². The van der Waals surface area contributed by atoms with Crippen molar-refractivity contribution in [3.8, 4) is 11.3 Å². The number of H-pyrrole nitrogens is 1. The molecule has 90 valence electrons. The van der Waals surface area contributed by atoms with Gasteiger partial charge in [-0.25, -0.2) is 4.98 Å². The SMILES string of the molecule is CCCCc1ccc(-c2nc[nH]c2CN)cc1. The van der Waals surface area contributed by atoms with Crippen molar-refractivity contribution in [3.63, 3.8) is 0 Å². The monoisotopic (exact) mass is 229 g/mol. The molecular weight excluding hydrogens is 210 g/mol. The molecule has 1 aromatic heterocycles. The molecule has 1 heterocycles. The number of nitrogens with zero attached hydrogens (tertiary/aromatic N) is 1. The Labute approximate surface area is 102 Å². The zero-order chi connectivity index (χ0) is 12.1. The van der Waals surface area contributed by atoms with Crippen molar-refractivity contribution >= 4 is 0 Å². The Morgan fingerprint density at radius 3 is 2.65 bits per heavy atom. The number of imidazole rings is 1. The average molecular weight is 229 g/mol. The minimum atomic E-state index is 0.493. The lowest BCUT2D eigenvalue weighted by Crippen LogP contribution is -1.98. The van der Waals surface area contributed by atoms with E-state index >= 15 is 0 Å². The molecule has 0 atom stereocenters. The minimum absolute atomic E-state index is 0.493. The van der Waals surface area contributed by atoms with E-state index in [1.807, 2.05) is 0 Å². The molecule has 3 N–H and O–H groups in total. The fraction of sp³-hybridized carbons (Fsp3) is 0.357. The summed E-state index contributed by atoms with van der Waals surface area (Å²) in [5.74, 6) is 0. The zero-order valence-corrected chi connectivity index (χ0v) is 10.2. The highest BCUT2D eigenvalue weighted by Gasteiger charge is 2.06. The molecular formula is C14H19N3. The van der Waals surface area contributed by atoms with Crippen LogP contribution in [-0.4, -0.2) is 9.97 Å². The van der Waals surface area contributed by atoms with Crippen LogP contribution in [0.5, 0.6) is 0 Å². The van der Waals surface area contributed by atoms with Gasteiger partial charge < -0.3 is 10.7 Å². The van der Waals surface area contributed by atoms with Gasteiger partial charge in [-0.2, -0.15) is 0 Å². The first-order valence-electron chi connectivity index (χ1n) is 6.16. The molecule has 3 nitrogen and oxygen atoms in total. The topological polar surface area (TPSA) is 54.7 Å². The molecule has 0 bridgehead atoms. The van der Waals surface area contributed by atoms with E-state index in [1.54, 1.807) is 6.33 Å². The minimum Gasteiger partial charge on any atom is -0.347 e. The predicted octanol–water partition coefficient (Wildman–Crippen LogP) is 2.88. The lowest BCUT2D eigenvalue weighted by molar-refractivity contribution is 0.795. The summed E-state index contributed by atoms with van der Waals surface area (Å²) in [5.41, 5.74) is 10.1. The van der Waals surface area contributed by atoms with Gasteiger partial charge in [0.25, 0.3) is 0 Å². The molecule has 0 amide bonds. The van der Waals surface area contributed by atoms with Crippen LogP contribution in [0.4, 0.5) is 0 Å². The fourth-order valence-electron chi connectivity index (χ4n) is 1.94. The van der Waals surface area contributed by atoms with E-state index in [0.717, 1.165) is 23.4 Å². The number of nitrogens with two attached hydrogens (primary N) is 1. The van der Waals surface area contributed by atoms with Crippen molar-refractivity contribution in [1.29, 1.82) is 0 Å². The van der Waals surface area contributed by atoms with E-state index in [1.165, 1.54) is 18.4 Å². The van der Waals surface area contributed by atoms with Crippen LogP contribution in [0.3, 0.4) is 0 Å². The summed E-state index contributed by atoms with van der Waals surface area (Å²) in [5, 5.41) is 0. The summed E-state index contributed by atoms with van der Waals surface area (Å²) in [7, 11) is 0. The van der Waals surface area contributed by atoms with Crippen LogP contribution in [0, 0.1) is 0 Å². The highest BCUT2D eigenvalue weighted by atomic mass is 14.9. The van der Waals surface area contributed by atoms with E-state index in [9.17, 15) is 0 Å². The number of aromatic nitrogens is 2. The van der Waals surface area contributed by atoms with Crippen LogP contribution < -0.4 is 5.73 Å². The van der Waals surface area contributed by atoms with E-state index in [2.05, 4.69) is 41.2 Å². The first kappa shape index (κ1) is 11.9. The fourth-order valence-corrected chi connectivity index (χ4v) is 1.94. The van der Waals surface area contributed by atoms with Crippen LogP contribution in [-0.2, 0) is 13.0 Å². The molecule has 0 spiro atoms. The first-order chi connectivity index (χ1) is 8.35. The second-order valence-electron chi connectivity index (χ2n) is 4.23. The van der Waals surface area contributed by atoms with Gasteiger partial charge in [0.2, 0.25) is 0 Å². The Bertz CT molecular complexity index is 457. The maximum atomic E-state index is 5.66. The number of hydrogen-bond donors (Lipinski definition) is 2. The van der Waals surface area contributed by atoms with Crippen molar-refractivity contribution in [2.75, 3.05) is 0 Å². The molecule has 17 heavy (non-hydrogen) atoms. The summed E-state index contributed by atoms with van der Waals surface area (Å²) >= 11 is 0. The zero-order valence-electron chi connectivity index (χ0n) is 10.2. The van der Waals surface area contributed by atoms with Gasteiger partial charge in [-0.05, 0) is 18.4 Å². The molecule has 0 unspecified atom stereocenters. The molecule has 0 aliphatic carbocycles. The summed E-state index contributed by atoms with van der Waals surface area (Å²) in [6.45, 7) is 2.71.